The number of hydrogen-bond acceptors (Lipinski definition) is 4. The molecule has 0 fully saturated rings. The Morgan fingerprint density at radius 3 is 2.57 bits per heavy atom. The molecule has 0 aliphatic heterocycles. The number of amides is 1. The molecule has 3 aromatic rings. The van der Waals surface area contributed by atoms with Gasteiger partial charge in [-0.25, -0.2) is 9.97 Å². The first-order valence-corrected chi connectivity index (χ1v) is 7.21. The molecule has 0 atom stereocenters. The normalized spacial score (nSPS) is 10.1. The minimum absolute atomic E-state index is 0.219. The molecular weight excluding hydrogens is 314 g/mol. The number of benzene rings is 2. The molecule has 0 aliphatic rings. The molecule has 1 heterocycles. The molecule has 1 aromatic heterocycles. The van der Waals surface area contributed by atoms with Crippen molar-refractivity contribution in [3.63, 3.8) is 0 Å². The van der Waals surface area contributed by atoms with E-state index in [4.69, 9.17) is 16.3 Å². The molecule has 0 aliphatic carbocycles. The summed E-state index contributed by atoms with van der Waals surface area (Å²) in [6.45, 7) is 0. The lowest BCUT2D eigenvalue weighted by Crippen LogP contribution is -2.12. The topological polar surface area (TPSA) is 64.1 Å². The van der Waals surface area contributed by atoms with Crippen molar-refractivity contribution in [1.82, 2.24) is 9.97 Å². The summed E-state index contributed by atoms with van der Waals surface area (Å²) in [6, 6.07) is 15.7. The third-order valence-corrected chi connectivity index (χ3v) is 3.30. The van der Waals surface area contributed by atoms with E-state index in [1.807, 2.05) is 0 Å². The molecule has 0 radical (unpaired) electrons. The molecule has 1 amide bonds. The van der Waals surface area contributed by atoms with Gasteiger partial charge < -0.3 is 10.1 Å². The Kier molecular flexibility index (Phi) is 4.49. The molecule has 1 N–H and O–H groups in total. The Balaban J connectivity index is 1.77. The zero-order chi connectivity index (χ0) is 16.1. The molecule has 0 saturated heterocycles. The summed E-state index contributed by atoms with van der Waals surface area (Å²) in [5.74, 6) is 0.195. The molecule has 0 spiro atoms. The van der Waals surface area contributed by atoms with E-state index in [0.717, 1.165) is 0 Å². The van der Waals surface area contributed by atoms with Gasteiger partial charge in [0.25, 0.3) is 5.91 Å². The molecule has 6 heteroatoms. The largest absolute Gasteiger partial charge is 0.424 e. The van der Waals surface area contributed by atoms with Gasteiger partial charge in [0.1, 0.15) is 5.75 Å². The second-order valence-corrected chi connectivity index (χ2v) is 5.00. The summed E-state index contributed by atoms with van der Waals surface area (Å²) in [4.78, 5) is 20.3. The number of hydrogen-bond donors (Lipinski definition) is 1. The zero-order valence-electron chi connectivity index (χ0n) is 11.9. The molecule has 0 unspecified atom stereocenters. The molecule has 0 bridgehead atoms. The van der Waals surface area contributed by atoms with Crippen LogP contribution in [-0.4, -0.2) is 15.9 Å². The van der Waals surface area contributed by atoms with Gasteiger partial charge in [-0.2, -0.15) is 0 Å². The lowest BCUT2D eigenvalue weighted by Gasteiger charge is -2.08. The van der Waals surface area contributed by atoms with Crippen LogP contribution in [0.2, 0.25) is 5.02 Å². The van der Waals surface area contributed by atoms with Crippen LogP contribution in [0.5, 0.6) is 11.8 Å². The van der Waals surface area contributed by atoms with Gasteiger partial charge in [-0.3, -0.25) is 4.79 Å². The van der Waals surface area contributed by atoms with Crippen LogP contribution < -0.4 is 10.1 Å². The van der Waals surface area contributed by atoms with E-state index >= 15 is 0 Å². The van der Waals surface area contributed by atoms with Crippen LogP contribution in [-0.2, 0) is 0 Å². The first kappa shape index (κ1) is 15.0. The van der Waals surface area contributed by atoms with Crippen molar-refractivity contribution in [3.05, 3.63) is 77.6 Å². The Morgan fingerprint density at radius 1 is 1.00 bits per heavy atom. The highest BCUT2D eigenvalue weighted by atomic mass is 35.5. The Bertz CT molecular complexity index is 825. The van der Waals surface area contributed by atoms with Gasteiger partial charge >= 0.3 is 6.01 Å². The van der Waals surface area contributed by atoms with E-state index in [9.17, 15) is 4.79 Å². The molecule has 0 saturated carbocycles. The van der Waals surface area contributed by atoms with E-state index in [-0.39, 0.29) is 11.9 Å². The first-order valence-electron chi connectivity index (χ1n) is 6.83. The average molecular weight is 326 g/mol. The fraction of sp³-hybridized carbons (Fsp3) is 0. The second-order valence-electron chi connectivity index (χ2n) is 4.60. The summed E-state index contributed by atoms with van der Waals surface area (Å²) in [5, 5.41) is 3.24. The summed E-state index contributed by atoms with van der Waals surface area (Å²) < 4.78 is 5.51. The van der Waals surface area contributed by atoms with Crippen molar-refractivity contribution in [3.8, 4) is 11.8 Å². The van der Waals surface area contributed by atoms with Gasteiger partial charge in [-0.05, 0) is 36.4 Å². The SMILES string of the molecule is O=C(Nc1ccccc1Cl)c1cccc(Oc2ncccn2)c1. The predicted molar refractivity (Wildman–Crippen MR) is 88.0 cm³/mol. The Labute approximate surface area is 137 Å². The van der Waals surface area contributed by atoms with Crippen LogP contribution in [0.3, 0.4) is 0 Å². The maximum absolute atomic E-state index is 12.3. The average Bonchev–Trinajstić information content (AvgIpc) is 2.58. The number of carbonyl (C=O) groups is 1. The molecule has 114 valence electrons. The number of nitrogens with zero attached hydrogens (tertiary/aromatic N) is 2. The van der Waals surface area contributed by atoms with Crippen molar-refractivity contribution in [2.75, 3.05) is 5.32 Å². The minimum atomic E-state index is -0.280. The number of anilines is 1. The van der Waals surface area contributed by atoms with Gasteiger partial charge in [0.2, 0.25) is 0 Å². The van der Waals surface area contributed by atoms with Crippen LogP contribution in [0.4, 0.5) is 5.69 Å². The van der Waals surface area contributed by atoms with E-state index < -0.39 is 0 Å². The summed E-state index contributed by atoms with van der Waals surface area (Å²) in [6.07, 6.45) is 3.16. The number of rotatable bonds is 4. The van der Waals surface area contributed by atoms with E-state index in [1.165, 1.54) is 0 Å². The molecule has 23 heavy (non-hydrogen) atoms. The number of aromatic nitrogens is 2. The van der Waals surface area contributed by atoms with E-state index in [1.54, 1.807) is 67.0 Å². The van der Waals surface area contributed by atoms with Crippen molar-refractivity contribution in [1.29, 1.82) is 0 Å². The highest BCUT2D eigenvalue weighted by molar-refractivity contribution is 6.33. The smallest absolute Gasteiger partial charge is 0.321 e. The highest BCUT2D eigenvalue weighted by Crippen LogP contribution is 2.23. The third-order valence-electron chi connectivity index (χ3n) is 2.97. The van der Waals surface area contributed by atoms with Gasteiger partial charge in [0, 0.05) is 18.0 Å². The van der Waals surface area contributed by atoms with Crippen molar-refractivity contribution < 1.29 is 9.53 Å². The number of halogens is 1. The van der Waals surface area contributed by atoms with Crippen molar-refractivity contribution >= 4 is 23.2 Å². The van der Waals surface area contributed by atoms with Crippen molar-refractivity contribution in [2.24, 2.45) is 0 Å². The molecule has 3 rings (SSSR count). The van der Waals surface area contributed by atoms with Gasteiger partial charge in [-0.15, -0.1) is 0 Å². The highest BCUT2D eigenvalue weighted by Gasteiger charge is 2.10. The van der Waals surface area contributed by atoms with Gasteiger partial charge in [0.05, 0.1) is 10.7 Å². The summed E-state index contributed by atoms with van der Waals surface area (Å²) >= 11 is 6.04. The summed E-state index contributed by atoms with van der Waals surface area (Å²) in [7, 11) is 0. The third kappa shape index (κ3) is 3.84. The van der Waals surface area contributed by atoms with Crippen LogP contribution >= 0.6 is 11.6 Å². The number of nitrogens with one attached hydrogen (secondary N) is 1. The maximum atomic E-state index is 12.3. The van der Waals surface area contributed by atoms with Crippen molar-refractivity contribution in [2.45, 2.75) is 0 Å². The fourth-order valence-corrected chi connectivity index (χ4v) is 2.08. The van der Waals surface area contributed by atoms with Crippen LogP contribution in [0.15, 0.2) is 67.0 Å². The lowest BCUT2D eigenvalue weighted by molar-refractivity contribution is 0.102. The number of carbonyl (C=O) groups excluding carboxylic acids is 1. The Hall–Kier alpha value is -2.92. The maximum Gasteiger partial charge on any atom is 0.321 e. The van der Waals surface area contributed by atoms with Gasteiger partial charge in [0.15, 0.2) is 0 Å². The molecule has 2 aromatic carbocycles. The monoisotopic (exact) mass is 325 g/mol. The Morgan fingerprint density at radius 2 is 1.78 bits per heavy atom. The first-order chi connectivity index (χ1) is 11.2. The standard InChI is InChI=1S/C17H12ClN3O2/c18-14-7-1-2-8-15(14)21-16(22)12-5-3-6-13(11-12)23-17-19-9-4-10-20-17/h1-11H,(H,21,22). The number of ether oxygens (including phenoxy) is 1. The van der Waals surface area contributed by atoms with E-state index in [0.29, 0.717) is 22.0 Å². The second kappa shape index (κ2) is 6.89. The van der Waals surface area contributed by atoms with Crippen LogP contribution in [0, 0.1) is 0 Å². The molecular formula is C17H12ClN3O2. The van der Waals surface area contributed by atoms with Crippen LogP contribution in [0.1, 0.15) is 10.4 Å². The van der Waals surface area contributed by atoms with Crippen LogP contribution in [0.25, 0.3) is 0 Å². The fourth-order valence-electron chi connectivity index (χ4n) is 1.90. The summed E-state index contributed by atoms with van der Waals surface area (Å²) in [5.41, 5.74) is 0.996. The molecule has 5 nitrogen and oxygen atoms in total. The number of para-hydroxylation sites is 1. The predicted octanol–water partition coefficient (Wildman–Crippen LogP) is 4.17. The van der Waals surface area contributed by atoms with E-state index in [2.05, 4.69) is 15.3 Å². The van der Waals surface area contributed by atoms with Gasteiger partial charge in [-0.1, -0.05) is 29.8 Å². The minimum Gasteiger partial charge on any atom is -0.424 e. The quantitative estimate of drug-likeness (QED) is 0.781. The zero-order valence-corrected chi connectivity index (χ0v) is 12.7. The lowest BCUT2D eigenvalue weighted by atomic mass is 10.2.